The van der Waals surface area contributed by atoms with Crippen LogP contribution in [0.1, 0.15) is 47.3 Å². The lowest BCUT2D eigenvalue weighted by Crippen LogP contribution is -2.13. The second-order valence-electron chi connectivity index (χ2n) is 8.49. The molecule has 8 heteroatoms. The monoisotopic (exact) mass is 486 g/mol. The Kier molecular flexibility index (Phi) is 8.15. The van der Waals surface area contributed by atoms with Gasteiger partial charge in [-0.3, -0.25) is 14.5 Å². The summed E-state index contributed by atoms with van der Waals surface area (Å²) in [7, 11) is -3.60. The SMILES string of the molecule is Cc1ccc(CCC(=O)C(C)c2ccc(NS(C)(=O)=O)c(F)c2)c(CCc2ccc(F)cc2)n1. The Hall–Kier alpha value is -3.13. The maximum atomic E-state index is 14.3. The van der Waals surface area contributed by atoms with E-state index in [-0.39, 0.29) is 23.7 Å². The summed E-state index contributed by atoms with van der Waals surface area (Å²) in [5.74, 6) is -1.59. The zero-order chi connectivity index (χ0) is 24.9. The summed E-state index contributed by atoms with van der Waals surface area (Å²) >= 11 is 0. The lowest BCUT2D eigenvalue weighted by molar-refractivity contribution is -0.120. The summed E-state index contributed by atoms with van der Waals surface area (Å²) in [6.45, 7) is 3.62. The van der Waals surface area contributed by atoms with Gasteiger partial charge in [0.05, 0.1) is 11.9 Å². The number of nitrogens with zero attached hydrogens (tertiary/aromatic N) is 1. The van der Waals surface area contributed by atoms with Gasteiger partial charge in [0.15, 0.2) is 0 Å². The van der Waals surface area contributed by atoms with Crippen molar-refractivity contribution in [2.45, 2.75) is 45.4 Å². The minimum absolute atomic E-state index is 0.0479. The molecular formula is C26H28F2N2O3S. The fraction of sp³-hybridized carbons (Fsp3) is 0.308. The molecule has 0 aliphatic rings. The summed E-state index contributed by atoms with van der Waals surface area (Å²) < 4.78 is 52.3. The molecule has 1 heterocycles. The first-order valence-corrected chi connectivity index (χ1v) is 12.9. The van der Waals surface area contributed by atoms with Crippen LogP contribution in [0, 0.1) is 18.6 Å². The number of benzene rings is 2. The van der Waals surface area contributed by atoms with Crippen molar-refractivity contribution < 1.29 is 22.0 Å². The Bertz CT molecular complexity index is 1280. The van der Waals surface area contributed by atoms with E-state index >= 15 is 0 Å². The van der Waals surface area contributed by atoms with Crippen LogP contribution in [0.15, 0.2) is 54.6 Å². The summed E-state index contributed by atoms with van der Waals surface area (Å²) in [5, 5.41) is 0. The third-order valence-corrected chi connectivity index (χ3v) is 6.27. The molecule has 3 rings (SSSR count). The lowest BCUT2D eigenvalue weighted by Gasteiger charge is -2.14. The maximum absolute atomic E-state index is 14.3. The number of anilines is 1. The van der Waals surface area contributed by atoms with Crippen molar-refractivity contribution in [3.8, 4) is 0 Å². The van der Waals surface area contributed by atoms with Crippen LogP contribution in [0.4, 0.5) is 14.5 Å². The molecule has 1 N–H and O–H groups in total. The van der Waals surface area contributed by atoms with Gasteiger partial charge in [-0.2, -0.15) is 0 Å². The Morgan fingerprint density at radius 3 is 2.35 bits per heavy atom. The highest BCUT2D eigenvalue weighted by Gasteiger charge is 2.18. The minimum Gasteiger partial charge on any atom is -0.299 e. The molecule has 1 aromatic heterocycles. The molecule has 2 aromatic carbocycles. The van der Waals surface area contributed by atoms with Crippen LogP contribution < -0.4 is 4.72 Å². The third kappa shape index (κ3) is 7.18. The van der Waals surface area contributed by atoms with E-state index in [1.165, 1.54) is 24.3 Å². The maximum Gasteiger partial charge on any atom is 0.229 e. The molecular weight excluding hydrogens is 458 g/mol. The van der Waals surface area contributed by atoms with Crippen LogP contribution in [-0.4, -0.2) is 25.4 Å². The van der Waals surface area contributed by atoms with Crippen LogP contribution >= 0.6 is 0 Å². The molecule has 1 atom stereocenters. The number of hydrogen-bond acceptors (Lipinski definition) is 4. The number of hydrogen-bond donors (Lipinski definition) is 1. The van der Waals surface area contributed by atoms with Gasteiger partial charge in [0.2, 0.25) is 10.0 Å². The number of halogens is 2. The molecule has 180 valence electrons. The molecule has 0 aliphatic heterocycles. The van der Waals surface area contributed by atoms with Crippen molar-refractivity contribution in [1.29, 1.82) is 0 Å². The van der Waals surface area contributed by atoms with E-state index in [2.05, 4.69) is 9.71 Å². The standard InChI is InChI=1S/C26H28F2N2O3S/c1-17-4-8-20(24(29-17)13-7-19-5-11-22(27)12-6-19)10-15-26(31)18(2)21-9-14-25(23(28)16-21)30-34(3,32)33/h4-6,8-9,11-12,14,16,18,30H,7,10,13,15H2,1-3H3. The largest absolute Gasteiger partial charge is 0.299 e. The predicted molar refractivity (Wildman–Crippen MR) is 129 cm³/mol. The van der Waals surface area contributed by atoms with Crippen molar-refractivity contribution in [3.63, 3.8) is 0 Å². The Morgan fingerprint density at radius 2 is 1.71 bits per heavy atom. The molecule has 0 fully saturated rings. The number of rotatable bonds is 10. The number of carbonyl (C=O) groups excluding carboxylic acids is 1. The molecule has 0 saturated carbocycles. The fourth-order valence-corrected chi connectivity index (χ4v) is 4.31. The first kappa shape index (κ1) is 25.5. The van der Waals surface area contributed by atoms with Gasteiger partial charge in [0, 0.05) is 23.7 Å². The van der Waals surface area contributed by atoms with Gasteiger partial charge in [0.1, 0.15) is 17.4 Å². The van der Waals surface area contributed by atoms with Gasteiger partial charge in [-0.05, 0) is 73.2 Å². The van der Waals surface area contributed by atoms with Gasteiger partial charge < -0.3 is 0 Å². The number of Topliss-reactive ketones (excluding diaryl/α,β-unsaturated/α-hetero) is 1. The molecule has 0 saturated heterocycles. The van der Waals surface area contributed by atoms with Gasteiger partial charge >= 0.3 is 0 Å². The fourth-order valence-electron chi connectivity index (χ4n) is 3.74. The number of ketones is 1. The number of pyridine rings is 1. The first-order chi connectivity index (χ1) is 16.0. The second-order valence-corrected chi connectivity index (χ2v) is 10.2. The van der Waals surface area contributed by atoms with Crippen LogP contribution in [0.5, 0.6) is 0 Å². The average Bonchev–Trinajstić information content (AvgIpc) is 2.78. The lowest BCUT2D eigenvalue weighted by atomic mass is 9.92. The highest BCUT2D eigenvalue weighted by atomic mass is 32.2. The summed E-state index contributed by atoms with van der Waals surface area (Å²) in [5.41, 5.74) is 4.12. The number of nitrogens with one attached hydrogen (secondary N) is 1. The molecule has 3 aromatic rings. The molecule has 0 bridgehead atoms. The quantitative estimate of drug-likeness (QED) is 0.431. The Balaban J connectivity index is 1.66. The van der Waals surface area contributed by atoms with Crippen molar-refractivity contribution in [2.75, 3.05) is 11.0 Å². The van der Waals surface area contributed by atoms with Crippen molar-refractivity contribution in [2.24, 2.45) is 0 Å². The van der Waals surface area contributed by atoms with E-state index in [4.69, 9.17) is 0 Å². The molecule has 0 amide bonds. The molecule has 0 spiro atoms. The highest BCUT2D eigenvalue weighted by Crippen LogP contribution is 2.25. The van der Waals surface area contributed by atoms with E-state index in [1.54, 1.807) is 25.1 Å². The normalized spacial score (nSPS) is 12.4. The van der Waals surface area contributed by atoms with Crippen LogP contribution in [0.25, 0.3) is 0 Å². The van der Waals surface area contributed by atoms with Crippen molar-refractivity contribution >= 4 is 21.5 Å². The smallest absolute Gasteiger partial charge is 0.229 e. The molecule has 34 heavy (non-hydrogen) atoms. The van der Waals surface area contributed by atoms with Crippen molar-refractivity contribution in [3.05, 3.63) is 94.3 Å². The number of carbonyl (C=O) groups is 1. The van der Waals surface area contributed by atoms with E-state index in [0.29, 0.717) is 24.8 Å². The predicted octanol–water partition coefficient (Wildman–Crippen LogP) is 5.13. The van der Waals surface area contributed by atoms with Gasteiger partial charge in [-0.15, -0.1) is 0 Å². The van der Waals surface area contributed by atoms with Gasteiger partial charge in [-0.1, -0.05) is 31.2 Å². The summed E-state index contributed by atoms with van der Waals surface area (Å²) in [6.07, 6.45) is 3.10. The van der Waals surface area contributed by atoms with Gasteiger partial charge in [-0.25, -0.2) is 17.2 Å². The second kappa shape index (κ2) is 10.9. The first-order valence-electron chi connectivity index (χ1n) is 11.0. The van der Waals surface area contributed by atoms with E-state index in [1.807, 2.05) is 19.1 Å². The van der Waals surface area contributed by atoms with Gasteiger partial charge in [0.25, 0.3) is 0 Å². The Labute approximate surface area is 199 Å². The topological polar surface area (TPSA) is 76.1 Å². The minimum atomic E-state index is -3.60. The summed E-state index contributed by atoms with van der Waals surface area (Å²) in [4.78, 5) is 17.5. The van der Waals surface area contributed by atoms with Crippen molar-refractivity contribution in [1.82, 2.24) is 4.98 Å². The summed E-state index contributed by atoms with van der Waals surface area (Å²) in [6, 6.07) is 14.3. The van der Waals surface area contributed by atoms with Crippen LogP contribution in [-0.2, 0) is 34.1 Å². The van der Waals surface area contributed by atoms with Crippen LogP contribution in [0.2, 0.25) is 0 Å². The highest BCUT2D eigenvalue weighted by molar-refractivity contribution is 7.92. The molecule has 1 unspecified atom stereocenters. The number of aryl methyl sites for hydroxylation is 4. The molecule has 0 aliphatic carbocycles. The molecule has 0 radical (unpaired) electrons. The zero-order valence-corrected chi connectivity index (χ0v) is 20.3. The number of sulfonamides is 1. The average molecular weight is 487 g/mol. The van der Waals surface area contributed by atoms with E-state index in [9.17, 15) is 22.0 Å². The zero-order valence-electron chi connectivity index (χ0n) is 19.4. The van der Waals surface area contributed by atoms with Crippen LogP contribution in [0.3, 0.4) is 0 Å². The third-order valence-electron chi connectivity index (χ3n) is 5.68. The van der Waals surface area contributed by atoms with E-state index in [0.717, 1.165) is 28.8 Å². The number of aromatic nitrogens is 1. The molecule has 5 nitrogen and oxygen atoms in total. The van der Waals surface area contributed by atoms with E-state index < -0.39 is 21.8 Å². The Morgan fingerprint density at radius 1 is 1.00 bits per heavy atom.